The largest absolute Gasteiger partial charge is 0.465 e. The van der Waals surface area contributed by atoms with Crippen LogP contribution in [0.5, 0.6) is 0 Å². The van der Waals surface area contributed by atoms with Gasteiger partial charge in [0.2, 0.25) is 0 Å². The lowest BCUT2D eigenvalue weighted by atomic mass is 9.90. The average molecular weight is 419 g/mol. The summed E-state index contributed by atoms with van der Waals surface area (Å²) in [7, 11) is 1.38. The van der Waals surface area contributed by atoms with Crippen LogP contribution in [0.2, 0.25) is 0 Å². The molecule has 2 aromatic carbocycles. The van der Waals surface area contributed by atoms with Gasteiger partial charge in [-0.05, 0) is 49.7 Å². The van der Waals surface area contributed by atoms with Crippen LogP contribution in [0.1, 0.15) is 24.2 Å². The van der Waals surface area contributed by atoms with E-state index in [-0.39, 0.29) is 0 Å². The molecule has 4 rings (SSSR count). The third-order valence-electron chi connectivity index (χ3n) is 4.73. The second-order valence-corrected chi connectivity index (χ2v) is 8.65. The van der Waals surface area contributed by atoms with Gasteiger partial charge in [0.15, 0.2) is 0 Å². The van der Waals surface area contributed by atoms with E-state index in [1.165, 1.54) is 7.11 Å². The number of carbonyl (C=O) groups excluding carboxylic acids is 1. The Morgan fingerprint density at radius 1 is 1.07 bits per heavy atom. The van der Waals surface area contributed by atoms with E-state index >= 15 is 0 Å². The third kappa shape index (κ3) is 3.78. The minimum absolute atomic E-state index is 0.397. The molecule has 0 saturated carbocycles. The summed E-state index contributed by atoms with van der Waals surface area (Å²) in [5, 5.41) is 1.61. The van der Waals surface area contributed by atoms with Gasteiger partial charge in [-0.25, -0.2) is 4.79 Å². The number of methoxy groups -OCH3 is 1. The summed E-state index contributed by atoms with van der Waals surface area (Å²) in [6.45, 7) is 3.83. The number of carbonyl (C=O) groups is 1. The fourth-order valence-electron chi connectivity index (χ4n) is 3.56. The third-order valence-corrected chi connectivity index (χ3v) is 4.83. The van der Waals surface area contributed by atoms with E-state index in [0.717, 1.165) is 27.4 Å². The molecule has 30 heavy (non-hydrogen) atoms. The Labute approximate surface area is 180 Å². The summed E-state index contributed by atoms with van der Waals surface area (Å²) >= 11 is 4.49. The van der Waals surface area contributed by atoms with E-state index in [4.69, 9.17) is 14.9 Å². The van der Waals surface area contributed by atoms with Crippen molar-refractivity contribution in [1.29, 1.82) is 0 Å². The van der Waals surface area contributed by atoms with E-state index in [2.05, 4.69) is 17.6 Å². The summed E-state index contributed by atoms with van der Waals surface area (Å²) in [6, 6.07) is 18.6. The molecule has 1 aliphatic heterocycles. The van der Waals surface area contributed by atoms with Crippen molar-refractivity contribution in [2.45, 2.75) is 18.7 Å². The minimum atomic E-state index is -0.519. The van der Waals surface area contributed by atoms with Gasteiger partial charge in [-0.3, -0.25) is 4.99 Å². The second-order valence-electron chi connectivity index (χ2n) is 7.56. The first kappa shape index (κ1) is 20.0. The number of hydrogen-bond acceptors (Lipinski definition) is 6. The number of esters is 1. The lowest BCUT2D eigenvalue weighted by molar-refractivity contribution is 0.0601. The Kier molecular flexibility index (Phi) is 5.03. The van der Waals surface area contributed by atoms with Crippen LogP contribution in [0.25, 0.3) is 33.4 Å². The summed E-state index contributed by atoms with van der Waals surface area (Å²) in [5.41, 5.74) is 10.2. The minimum Gasteiger partial charge on any atom is -0.465 e. The molecule has 0 amide bonds. The van der Waals surface area contributed by atoms with Crippen molar-refractivity contribution < 1.29 is 13.9 Å². The van der Waals surface area contributed by atoms with Crippen molar-refractivity contribution >= 4 is 35.3 Å². The molecule has 5 nitrogen and oxygen atoms in total. The van der Waals surface area contributed by atoms with Crippen molar-refractivity contribution in [1.82, 2.24) is 0 Å². The maximum absolute atomic E-state index is 12.5. The van der Waals surface area contributed by atoms with Crippen LogP contribution >= 0.6 is 12.6 Å². The zero-order chi connectivity index (χ0) is 21.5. The van der Waals surface area contributed by atoms with Crippen molar-refractivity contribution in [3.63, 3.8) is 0 Å². The monoisotopic (exact) mass is 418 g/mol. The number of nitrogens with two attached hydrogens (primary N) is 1. The molecule has 0 saturated heterocycles. The molecular formula is C24H22N2O3S. The van der Waals surface area contributed by atoms with E-state index in [1.807, 2.05) is 62.4 Å². The molecule has 0 atom stereocenters. The Bertz CT molecular complexity index is 1300. The van der Waals surface area contributed by atoms with Crippen molar-refractivity contribution in [2.24, 2.45) is 4.99 Å². The highest BCUT2D eigenvalue weighted by Gasteiger charge is 2.22. The fourth-order valence-corrected chi connectivity index (χ4v) is 3.68. The zero-order valence-corrected chi connectivity index (χ0v) is 17.9. The van der Waals surface area contributed by atoms with Crippen LogP contribution in [0.3, 0.4) is 0 Å². The maximum atomic E-state index is 12.5. The molecule has 6 heteroatoms. The zero-order valence-electron chi connectivity index (χ0n) is 17.0. The van der Waals surface area contributed by atoms with E-state index in [1.54, 1.807) is 12.1 Å². The van der Waals surface area contributed by atoms with Crippen LogP contribution in [0, 0.1) is 0 Å². The highest BCUT2D eigenvalue weighted by molar-refractivity contribution is 7.81. The molecule has 2 N–H and O–H groups in total. The van der Waals surface area contributed by atoms with E-state index in [0.29, 0.717) is 22.6 Å². The van der Waals surface area contributed by atoms with Gasteiger partial charge in [-0.1, -0.05) is 18.2 Å². The molecule has 152 valence electrons. The van der Waals surface area contributed by atoms with Gasteiger partial charge in [0.05, 0.1) is 22.9 Å². The maximum Gasteiger partial charge on any atom is 0.338 e. The first-order chi connectivity index (χ1) is 14.3. The van der Waals surface area contributed by atoms with Crippen LogP contribution in [0.4, 0.5) is 5.69 Å². The van der Waals surface area contributed by atoms with Gasteiger partial charge < -0.3 is 14.9 Å². The summed E-state index contributed by atoms with van der Waals surface area (Å²) < 4.78 is 11.2. The van der Waals surface area contributed by atoms with Gasteiger partial charge in [-0.2, -0.15) is 0 Å². The quantitative estimate of drug-likeness (QED) is 0.209. The number of hydrogen-bond donors (Lipinski definition) is 2. The lowest BCUT2D eigenvalue weighted by Gasteiger charge is -2.18. The lowest BCUT2D eigenvalue weighted by Crippen LogP contribution is -2.14. The van der Waals surface area contributed by atoms with E-state index < -0.39 is 10.8 Å². The number of fused-ring (bicyclic) bond motifs is 2. The number of anilines is 1. The Hall–Kier alpha value is -3.25. The first-order valence-electron chi connectivity index (χ1n) is 9.49. The fraction of sp³-hybridized carbons (Fsp3) is 0.167. The molecule has 2 aromatic rings. The van der Waals surface area contributed by atoms with E-state index in [9.17, 15) is 4.79 Å². The molecule has 1 heterocycles. The Morgan fingerprint density at radius 2 is 1.83 bits per heavy atom. The van der Waals surface area contributed by atoms with Gasteiger partial charge >= 0.3 is 5.97 Å². The van der Waals surface area contributed by atoms with Crippen LogP contribution in [0.15, 0.2) is 70.1 Å². The molecular weight excluding hydrogens is 396 g/mol. The number of thiol groups is 1. The molecule has 0 spiro atoms. The Balaban J connectivity index is 2.13. The molecule has 1 aliphatic carbocycles. The second kappa shape index (κ2) is 7.54. The molecule has 2 aliphatic rings. The standard InChI is InChI=1S/C24H22N2O3S/c1-24(2,30)26-15-9-11-19-21(13-15)29-20-12-14(25)8-10-18(20)22(19)16-6-4-5-7-17(16)23(27)28-3/h4-13,30H,25H2,1-3H3. The van der Waals surface area contributed by atoms with Crippen LogP contribution in [-0.2, 0) is 4.74 Å². The summed E-state index contributed by atoms with van der Waals surface area (Å²) in [5.74, 6) is 0.244. The first-order valence-corrected chi connectivity index (χ1v) is 9.93. The molecule has 0 radical (unpaired) electrons. The van der Waals surface area contributed by atoms with Gasteiger partial charge in [-0.15, -0.1) is 12.6 Å². The molecule has 0 aromatic heterocycles. The molecule has 0 fully saturated rings. The average Bonchev–Trinajstić information content (AvgIpc) is 2.70. The van der Waals surface area contributed by atoms with Gasteiger partial charge in [0.25, 0.3) is 0 Å². The van der Waals surface area contributed by atoms with Crippen molar-refractivity contribution in [2.75, 3.05) is 12.8 Å². The predicted octanol–water partition coefficient (Wildman–Crippen LogP) is 5.14. The van der Waals surface area contributed by atoms with Gasteiger partial charge in [0, 0.05) is 34.3 Å². The Morgan fingerprint density at radius 3 is 2.57 bits per heavy atom. The number of nitrogen functional groups attached to an aromatic ring is 1. The summed E-state index contributed by atoms with van der Waals surface area (Å²) in [6.07, 6.45) is 0. The van der Waals surface area contributed by atoms with Crippen molar-refractivity contribution in [3.05, 3.63) is 71.6 Å². The number of benzene rings is 3. The van der Waals surface area contributed by atoms with Crippen LogP contribution < -0.4 is 11.1 Å². The smallest absolute Gasteiger partial charge is 0.338 e. The number of nitrogens with zero attached hydrogens (tertiary/aromatic N) is 1. The molecule has 0 unspecified atom stereocenters. The van der Waals surface area contributed by atoms with Gasteiger partial charge in [0.1, 0.15) is 11.3 Å². The highest BCUT2D eigenvalue weighted by Crippen LogP contribution is 2.41. The number of ether oxygens (including phenoxy) is 1. The van der Waals surface area contributed by atoms with Crippen LogP contribution in [-0.4, -0.2) is 18.0 Å². The normalized spacial score (nSPS) is 12.5. The summed E-state index contributed by atoms with van der Waals surface area (Å²) in [4.78, 5) is 16.5. The highest BCUT2D eigenvalue weighted by atomic mass is 32.1. The topological polar surface area (TPSA) is 77.8 Å². The molecule has 0 bridgehead atoms. The van der Waals surface area contributed by atoms with Crippen molar-refractivity contribution in [3.8, 4) is 22.5 Å². The number of rotatable bonds is 3. The predicted molar refractivity (Wildman–Crippen MR) is 123 cm³/mol. The SMILES string of the molecule is COC(=O)c1ccccc1-c1c2ccc(=NC(C)(C)S)cc-2oc2cc(N)ccc12.